The molecule has 0 amide bonds. The van der Waals surface area contributed by atoms with Crippen molar-refractivity contribution < 1.29 is 13.2 Å². The number of nitrogens with one attached hydrogen (secondary N) is 1. The molecule has 1 aromatic carbocycles. The highest BCUT2D eigenvalue weighted by Gasteiger charge is 2.30. The largest absolute Gasteiger partial charge is 0.416 e. The molecule has 0 aliphatic rings. The summed E-state index contributed by atoms with van der Waals surface area (Å²) in [5.74, 6) is 0.245. The maximum atomic E-state index is 12.6. The number of rotatable bonds is 4. The average molecular weight is 259 g/mol. The van der Waals surface area contributed by atoms with Gasteiger partial charge in [0, 0.05) is 6.04 Å². The van der Waals surface area contributed by atoms with E-state index < -0.39 is 11.7 Å². The Morgan fingerprint density at radius 1 is 1.22 bits per heavy atom. The molecule has 2 atom stereocenters. The Bertz CT molecular complexity index is 399. The molecular formula is C14H20F3N. The van der Waals surface area contributed by atoms with Gasteiger partial charge in [-0.25, -0.2) is 0 Å². The third-order valence-electron chi connectivity index (χ3n) is 3.33. The van der Waals surface area contributed by atoms with Gasteiger partial charge in [-0.15, -0.1) is 0 Å². The SMILES string of the molecule is CNC(C)CC(C)c1ccc(C(F)(F)F)cc1C. The molecule has 0 bridgehead atoms. The van der Waals surface area contributed by atoms with E-state index in [0.29, 0.717) is 11.6 Å². The van der Waals surface area contributed by atoms with E-state index in [1.807, 2.05) is 14.0 Å². The van der Waals surface area contributed by atoms with Crippen molar-refractivity contribution in [3.8, 4) is 0 Å². The van der Waals surface area contributed by atoms with E-state index in [0.717, 1.165) is 12.0 Å². The minimum absolute atomic E-state index is 0.245. The smallest absolute Gasteiger partial charge is 0.317 e. The Hall–Kier alpha value is -1.03. The molecule has 0 aliphatic carbocycles. The molecule has 1 rings (SSSR count). The van der Waals surface area contributed by atoms with Crippen molar-refractivity contribution >= 4 is 0 Å². The summed E-state index contributed by atoms with van der Waals surface area (Å²) < 4.78 is 37.7. The second-order valence-electron chi connectivity index (χ2n) is 4.90. The van der Waals surface area contributed by atoms with Gasteiger partial charge >= 0.3 is 6.18 Å². The summed E-state index contributed by atoms with van der Waals surface area (Å²) in [6.45, 7) is 5.85. The fraction of sp³-hybridized carbons (Fsp3) is 0.571. The van der Waals surface area contributed by atoms with E-state index >= 15 is 0 Å². The van der Waals surface area contributed by atoms with Gasteiger partial charge in [-0.3, -0.25) is 0 Å². The van der Waals surface area contributed by atoms with Gasteiger partial charge in [0.25, 0.3) is 0 Å². The molecule has 1 nitrogen and oxygen atoms in total. The first-order valence-corrected chi connectivity index (χ1v) is 6.10. The standard InChI is InChI=1S/C14H20F3N/c1-9(7-11(3)18-4)13-6-5-12(8-10(13)2)14(15,16)17/h5-6,8-9,11,18H,7H2,1-4H3. The lowest BCUT2D eigenvalue weighted by Gasteiger charge is -2.20. The second kappa shape index (κ2) is 5.74. The molecule has 4 heteroatoms. The molecule has 0 radical (unpaired) electrons. The van der Waals surface area contributed by atoms with Crippen molar-refractivity contribution in [1.29, 1.82) is 0 Å². The van der Waals surface area contributed by atoms with Crippen molar-refractivity contribution in [1.82, 2.24) is 5.32 Å². The van der Waals surface area contributed by atoms with Crippen molar-refractivity contribution in [3.05, 3.63) is 34.9 Å². The Labute approximate surface area is 106 Å². The first-order valence-electron chi connectivity index (χ1n) is 6.10. The van der Waals surface area contributed by atoms with Crippen molar-refractivity contribution in [2.75, 3.05) is 7.05 Å². The monoisotopic (exact) mass is 259 g/mol. The van der Waals surface area contributed by atoms with Gasteiger partial charge in [-0.2, -0.15) is 13.2 Å². The molecule has 0 fully saturated rings. The van der Waals surface area contributed by atoms with E-state index in [9.17, 15) is 13.2 Å². The molecule has 0 saturated carbocycles. The van der Waals surface area contributed by atoms with Crippen LogP contribution in [0.4, 0.5) is 13.2 Å². The van der Waals surface area contributed by atoms with Gasteiger partial charge in [0.15, 0.2) is 0 Å². The number of alkyl halides is 3. The number of hydrogen-bond donors (Lipinski definition) is 1. The van der Waals surface area contributed by atoms with Crippen LogP contribution in [0.3, 0.4) is 0 Å². The van der Waals surface area contributed by atoms with E-state index in [1.54, 1.807) is 13.0 Å². The molecule has 0 saturated heterocycles. The molecule has 0 aromatic heterocycles. The minimum atomic E-state index is -4.26. The summed E-state index contributed by atoms with van der Waals surface area (Å²) >= 11 is 0. The quantitative estimate of drug-likeness (QED) is 0.857. The second-order valence-corrected chi connectivity index (χ2v) is 4.90. The predicted molar refractivity (Wildman–Crippen MR) is 67.7 cm³/mol. The molecule has 0 aliphatic heterocycles. The maximum absolute atomic E-state index is 12.6. The fourth-order valence-electron chi connectivity index (χ4n) is 2.18. The summed E-state index contributed by atoms with van der Waals surface area (Å²) in [5.41, 5.74) is 1.13. The Kier molecular flexibility index (Phi) is 4.79. The number of hydrogen-bond acceptors (Lipinski definition) is 1. The summed E-state index contributed by atoms with van der Waals surface area (Å²) in [6.07, 6.45) is -3.35. The summed E-state index contributed by atoms with van der Waals surface area (Å²) in [5, 5.41) is 3.14. The molecular weight excluding hydrogens is 239 g/mol. The predicted octanol–water partition coefficient (Wildman–Crippen LogP) is 4.12. The molecule has 1 aromatic rings. The normalized spacial score (nSPS) is 15.5. The van der Waals surface area contributed by atoms with Crippen LogP contribution in [0.1, 0.15) is 42.9 Å². The van der Waals surface area contributed by atoms with Gasteiger partial charge < -0.3 is 5.32 Å². The van der Waals surface area contributed by atoms with E-state index in [4.69, 9.17) is 0 Å². The molecule has 0 heterocycles. The van der Waals surface area contributed by atoms with Gasteiger partial charge in [0.1, 0.15) is 0 Å². The maximum Gasteiger partial charge on any atom is 0.416 e. The van der Waals surface area contributed by atoms with Crippen LogP contribution in [0.5, 0.6) is 0 Å². The number of benzene rings is 1. The molecule has 2 unspecified atom stereocenters. The lowest BCUT2D eigenvalue weighted by molar-refractivity contribution is -0.137. The van der Waals surface area contributed by atoms with Crippen LogP contribution in [0.2, 0.25) is 0 Å². The van der Waals surface area contributed by atoms with Crippen LogP contribution in [-0.2, 0) is 6.18 Å². The third kappa shape index (κ3) is 3.73. The van der Waals surface area contributed by atoms with Crippen LogP contribution in [0.15, 0.2) is 18.2 Å². The fourth-order valence-corrected chi connectivity index (χ4v) is 2.18. The van der Waals surface area contributed by atoms with Gasteiger partial charge in [-0.1, -0.05) is 13.0 Å². The zero-order chi connectivity index (χ0) is 13.9. The molecule has 1 N–H and O–H groups in total. The van der Waals surface area contributed by atoms with E-state index in [2.05, 4.69) is 12.2 Å². The molecule has 18 heavy (non-hydrogen) atoms. The first-order chi connectivity index (χ1) is 8.25. The van der Waals surface area contributed by atoms with Gasteiger partial charge in [0.2, 0.25) is 0 Å². The minimum Gasteiger partial charge on any atom is -0.317 e. The van der Waals surface area contributed by atoms with Crippen LogP contribution in [-0.4, -0.2) is 13.1 Å². The van der Waals surface area contributed by atoms with Crippen molar-refractivity contribution in [2.45, 2.75) is 45.3 Å². The van der Waals surface area contributed by atoms with Gasteiger partial charge in [-0.05, 0) is 56.5 Å². The molecule has 0 spiro atoms. The lowest BCUT2D eigenvalue weighted by atomic mass is 9.90. The van der Waals surface area contributed by atoms with E-state index in [-0.39, 0.29) is 5.92 Å². The zero-order valence-electron chi connectivity index (χ0n) is 11.2. The average Bonchev–Trinajstić information content (AvgIpc) is 2.27. The Morgan fingerprint density at radius 2 is 1.83 bits per heavy atom. The highest BCUT2D eigenvalue weighted by molar-refractivity contribution is 5.34. The van der Waals surface area contributed by atoms with Crippen molar-refractivity contribution in [3.63, 3.8) is 0 Å². The summed E-state index contributed by atoms with van der Waals surface area (Å²) in [4.78, 5) is 0. The first kappa shape index (κ1) is 15.0. The zero-order valence-corrected chi connectivity index (χ0v) is 11.2. The highest BCUT2D eigenvalue weighted by atomic mass is 19.4. The van der Waals surface area contributed by atoms with Crippen LogP contribution in [0.25, 0.3) is 0 Å². The number of aryl methyl sites for hydroxylation is 1. The Balaban J connectivity index is 2.92. The lowest BCUT2D eigenvalue weighted by Crippen LogP contribution is -2.23. The topological polar surface area (TPSA) is 12.0 Å². The van der Waals surface area contributed by atoms with Crippen LogP contribution < -0.4 is 5.32 Å². The summed E-state index contributed by atoms with van der Waals surface area (Å²) in [6, 6.07) is 4.35. The van der Waals surface area contributed by atoms with Crippen LogP contribution >= 0.6 is 0 Å². The van der Waals surface area contributed by atoms with E-state index in [1.165, 1.54) is 12.1 Å². The summed E-state index contributed by atoms with van der Waals surface area (Å²) in [7, 11) is 1.89. The van der Waals surface area contributed by atoms with Gasteiger partial charge in [0.05, 0.1) is 5.56 Å². The number of halogens is 3. The Morgan fingerprint density at radius 3 is 2.28 bits per heavy atom. The molecule has 102 valence electrons. The van der Waals surface area contributed by atoms with Crippen LogP contribution in [0, 0.1) is 6.92 Å². The highest BCUT2D eigenvalue weighted by Crippen LogP contribution is 2.32. The third-order valence-corrected chi connectivity index (χ3v) is 3.33. The van der Waals surface area contributed by atoms with Crippen molar-refractivity contribution in [2.24, 2.45) is 0 Å².